The highest BCUT2D eigenvalue weighted by atomic mass is 35.5. The van der Waals surface area contributed by atoms with E-state index in [1.807, 2.05) is 6.07 Å². The van der Waals surface area contributed by atoms with Gasteiger partial charge in [0.25, 0.3) is 0 Å². The Hall–Kier alpha value is -1.91. The Labute approximate surface area is 120 Å². The van der Waals surface area contributed by atoms with E-state index in [2.05, 4.69) is 15.2 Å². The molecule has 0 bridgehead atoms. The van der Waals surface area contributed by atoms with Crippen LogP contribution < -0.4 is 5.73 Å². The highest BCUT2D eigenvalue weighted by Gasteiger charge is 1.98. The van der Waals surface area contributed by atoms with Gasteiger partial charge in [-0.15, -0.1) is 5.10 Å². The lowest BCUT2D eigenvalue weighted by Crippen LogP contribution is -2.14. The Morgan fingerprint density at radius 2 is 2.00 bits per heavy atom. The van der Waals surface area contributed by atoms with Crippen LogP contribution in [0.3, 0.4) is 0 Å². The minimum absolute atomic E-state index is 0.247. The van der Waals surface area contributed by atoms with Crippen LogP contribution in [0.5, 0.6) is 0 Å². The Kier molecular flexibility index (Phi) is 4.49. The van der Waals surface area contributed by atoms with Crippen LogP contribution in [0.25, 0.3) is 0 Å². The van der Waals surface area contributed by atoms with Gasteiger partial charge in [-0.05, 0) is 29.8 Å². The molecule has 0 radical (unpaired) electrons. The first-order chi connectivity index (χ1) is 9.16. The average Bonchev–Trinajstić information content (AvgIpc) is 2.43. The number of halogens is 2. The van der Waals surface area contributed by atoms with Crippen molar-refractivity contribution in [3.8, 4) is 0 Å². The number of hydrogen-bond donors (Lipinski definition) is 1. The van der Waals surface area contributed by atoms with Gasteiger partial charge in [0.2, 0.25) is 0 Å². The maximum Gasteiger partial charge on any atom is 0.171 e. The Bertz CT molecular complexity index is 624. The molecule has 2 rings (SSSR count). The van der Waals surface area contributed by atoms with E-state index in [0.717, 1.165) is 5.56 Å². The van der Waals surface area contributed by atoms with Crippen LogP contribution in [0.4, 0.5) is 0 Å². The van der Waals surface area contributed by atoms with E-state index in [-0.39, 0.29) is 5.84 Å². The maximum absolute atomic E-state index is 5.89. The average molecular weight is 293 g/mol. The van der Waals surface area contributed by atoms with Gasteiger partial charge in [-0.1, -0.05) is 35.3 Å². The molecule has 6 heteroatoms. The lowest BCUT2D eigenvalue weighted by molar-refractivity contribution is 1.20. The van der Waals surface area contributed by atoms with Crippen molar-refractivity contribution in [2.45, 2.75) is 0 Å². The first kappa shape index (κ1) is 13.5. The summed E-state index contributed by atoms with van der Waals surface area (Å²) in [7, 11) is 0. The third-order valence-corrected chi connectivity index (χ3v) is 2.98. The monoisotopic (exact) mass is 292 g/mol. The molecule has 1 heterocycles. The second-order valence-electron chi connectivity index (χ2n) is 3.62. The number of aromatic nitrogens is 1. The summed E-state index contributed by atoms with van der Waals surface area (Å²) in [6.45, 7) is 0. The van der Waals surface area contributed by atoms with E-state index < -0.39 is 0 Å². The fraction of sp³-hybridized carbons (Fsp3) is 0. The first-order valence-electron chi connectivity index (χ1n) is 5.40. The van der Waals surface area contributed by atoms with Crippen LogP contribution >= 0.6 is 23.2 Å². The molecule has 96 valence electrons. The van der Waals surface area contributed by atoms with Crippen molar-refractivity contribution in [3.05, 3.63) is 63.9 Å². The molecule has 2 aromatic rings. The molecular weight excluding hydrogens is 283 g/mol. The van der Waals surface area contributed by atoms with Gasteiger partial charge in [-0.2, -0.15) is 5.10 Å². The zero-order valence-corrected chi connectivity index (χ0v) is 11.3. The van der Waals surface area contributed by atoms with E-state index >= 15 is 0 Å². The molecule has 0 aliphatic heterocycles. The number of nitrogens with two attached hydrogens (primary N) is 1. The van der Waals surface area contributed by atoms with Gasteiger partial charge in [0.1, 0.15) is 5.69 Å². The first-order valence-corrected chi connectivity index (χ1v) is 6.15. The zero-order chi connectivity index (χ0) is 13.7. The molecule has 0 aliphatic carbocycles. The predicted molar refractivity (Wildman–Crippen MR) is 79.0 cm³/mol. The van der Waals surface area contributed by atoms with E-state index in [1.54, 1.807) is 36.5 Å². The van der Waals surface area contributed by atoms with Crippen molar-refractivity contribution < 1.29 is 0 Å². The summed E-state index contributed by atoms with van der Waals surface area (Å²) < 4.78 is 0. The SMILES string of the molecule is N/C(=N\N=C\c1ccc(Cl)c(Cl)c1)c1ccccn1. The summed E-state index contributed by atoms with van der Waals surface area (Å²) in [5.41, 5.74) is 7.10. The van der Waals surface area contributed by atoms with E-state index in [0.29, 0.717) is 15.7 Å². The Morgan fingerprint density at radius 3 is 2.68 bits per heavy atom. The van der Waals surface area contributed by atoms with Crippen LogP contribution in [0.1, 0.15) is 11.3 Å². The fourth-order valence-electron chi connectivity index (χ4n) is 1.32. The largest absolute Gasteiger partial charge is 0.380 e. The van der Waals surface area contributed by atoms with Crippen molar-refractivity contribution >= 4 is 35.3 Å². The van der Waals surface area contributed by atoms with Gasteiger partial charge in [0.05, 0.1) is 16.3 Å². The standard InChI is InChI=1S/C13H10Cl2N4/c14-10-5-4-9(7-11(10)15)8-18-19-13(16)12-3-1-2-6-17-12/h1-8H,(H2,16,19)/b18-8+. The van der Waals surface area contributed by atoms with Gasteiger partial charge < -0.3 is 5.73 Å². The third-order valence-electron chi connectivity index (χ3n) is 2.24. The van der Waals surface area contributed by atoms with Gasteiger partial charge >= 0.3 is 0 Å². The van der Waals surface area contributed by atoms with Gasteiger partial charge in [0, 0.05) is 6.20 Å². The summed E-state index contributed by atoms with van der Waals surface area (Å²) in [5.74, 6) is 0.247. The molecule has 0 atom stereocenters. The third kappa shape index (κ3) is 3.77. The zero-order valence-electron chi connectivity index (χ0n) is 9.79. The number of rotatable bonds is 3. The summed E-state index contributed by atoms with van der Waals surface area (Å²) in [5, 5.41) is 8.71. The van der Waals surface area contributed by atoms with Crippen molar-refractivity contribution in [2.24, 2.45) is 15.9 Å². The number of hydrogen-bond acceptors (Lipinski definition) is 3. The van der Waals surface area contributed by atoms with Crippen molar-refractivity contribution in [3.63, 3.8) is 0 Å². The lowest BCUT2D eigenvalue weighted by atomic mass is 10.2. The van der Waals surface area contributed by atoms with E-state index in [9.17, 15) is 0 Å². The smallest absolute Gasteiger partial charge is 0.171 e. The summed E-state index contributed by atoms with van der Waals surface area (Å²) >= 11 is 11.7. The number of nitrogens with zero attached hydrogens (tertiary/aromatic N) is 3. The van der Waals surface area contributed by atoms with Gasteiger partial charge in [0.15, 0.2) is 5.84 Å². The molecule has 1 aromatic heterocycles. The highest BCUT2D eigenvalue weighted by molar-refractivity contribution is 6.42. The van der Waals surface area contributed by atoms with Crippen LogP contribution in [0.15, 0.2) is 52.8 Å². The van der Waals surface area contributed by atoms with E-state index in [4.69, 9.17) is 28.9 Å². The van der Waals surface area contributed by atoms with Crippen molar-refractivity contribution in [1.29, 1.82) is 0 Å². The molecule has 0 saturated carbocycles. The van der Waals surface area contributed by atoms with E-state index in [1.165, 1.54) is 6.21 Å². The Morgan fingerprint density at radius 1 is 1.16 bits per heavy atom. The fourth-order valence-corrected chi connectivity index (χ4v) is 1.62. The summed E-state index contributed by atoms with van der Waals surface area (Å²) in [6.07, 6.45) is 3.18. The number of benzene rings is 1. The van der Waals surface area contributed by atoms with Crippen LogP contribution in [0, 0.1) is 0 Å². The summed E-state index contributed by atoms with van der Waals surface area (Å²) in [6, 6.07) is 10.6. The lowest BCUT2D eigenvalue weighted by Gasteiger charge is -1.97. The minimum atomic E-state index is 0.247. The molecule has 0 spiro atoms. The van der Waals surface area contributed by atoms with Crippen molar-refractivity contribution in [2.75, 3.05) is 0 Å². The second-order valence-corrected chi connectivity index (χ2v) is 4.43. The predicted octanol–water partition coefficient (Wildman–Crippen LogP) is 3.13. The van der Waals surface area contributed by atoms with Crippen molar-refractivity contribution in [1.82, 2.24) is 4.98 Å². The molecule has 0 saturated heterocycles. The molecule has 0 amide bonds. The molecule has 2 N–H and O–H groups in total. The molecule has 1 aromatic carbocycles. The van der Waals surface area contributed by atoms with Crippen LogP contribution in [-0.4, -0.2) is 17.0 Å². The molecule has 0 unspecified atom stereocenters. The second kappa shape index (κ2) is 6.31. The molecule has 4 nitrogen and oxygen atoms in total. The quantitative estimate of drug-likeness (QED) is 0.537. The highest BCUT2D eigenvalue weighted by Crippen LogP contribution is 2.21. The molecular formula is C13H10Cl2N4. The molecule has 0 aliphatic rings. The van der Waals surface area contributed by atoms with Crippen LogP contribution in [-0.2, 0) is 0 Å². The van der Waals surface area contributed by atoms with Gasteiger partial charge in [-0.3, -0.25) is 4.98 Å². The topological polar surface area (TPSA) is 63.6 Å². The maximum atomic E-state index is 5.89. The van der Waals surface area contributed by atoms with Crippen LogP contribution in [0.2, 0.25) is 10.0 Å². The number of pyridine rings is 1. The molecule has 19 heavy (non-hydrogen) atoms. The summed E-state index contributed by atoms with van der Waals surface area (Å²) in [4.78, 5) is 4.06. The molecule has 0 fully saturated rings. The number of amidine groups is 1. The Balaban J connectivity index is 2.13. The minimum Gasteiger partial charge on any atom is -0.380 e. The van der Waals surface area contributed by atoms with Gasteiger partial charge in [-0.25, -0.2) is 0 Å². The normalized spacial score (nSPS) is 12.0.